The maximum Gasteiger partial charge on any atom is 0.266 e. The molecule has 0 radical (unpaired) electrons. The molecule has 0 aliphatic carbocycles. The van der Waals surface area contributed by atoms with Crippen molar-refractivity contribution < 1.29 is 23.8 Å². The summed E-state index contributed by atoms with van der Waals surface area (Å²) in [6.07, 6.45) is 3.95. The molecule has 1 amide bonds. The summed E-state index contributed by atoms with van der Waals surface area (Å²) in [6, 6.07) is 30.7. The van der Waals surface area contributed by atoms with Crippen molar-refractivity contribution in [3.63, 3.8) is 0 Å². The SMILES string of the molecule is [N-]=[N+]=NCc1ccccc1[C@@H]1OC(c2ccc(OCCCO)cc2)=N[C@]1(C/C=C/c1ccccc1)C(=O)NNCCc1ccccc1F. The Balaban J connectivity index is 1.51. The molecule has 5 rings (SSSR count). The number of amides is 1. The van der Waals surface area contributed by atoms with Gasteiger partial charge in [-0.3, -0.25) is 10.2 Å². The van der Waals surface area contributed by atoms with Gasteiger partial charge >= 0.3 is 0 Å². The van der Waals surface area contributed by atoms with E-state index in [0.717, 1.165) is 5.56 Å². The van der Waals surface area contributed by atoms with Crippen molar-refractivity contribution in [1.82, 2.24) is 10.9 Å². The maximum absolute atomic E-state index is 14.4. The van der Waals surface area contributed by atoms with Crippen LogP contribution in [0.3, 0.4) is 0 Å². The molecule has 0 spiro atoms. The average Bonchev–Trinajstić information content (AvgIpc) is 3.51. The lowest BCUT2D eigenvalue weighted by Gasteiger charge is -2.31. The summed E-state index contributed by atoms with van der Waals surface area (Å²) in [5, 5.41) is 12.9. The third-order valence-electron chi connectivity index (χ3n) is 7.89. The fraction of sp³-hybridized carbons (Fsp3) is 0.243. The summed E-state index contributed by atoms with van der Waals surface area (Å²) < 4.78 is 26.5. The molecule has 4 aromatic rings. The molecule has 0 saturated carbocycles. The number of aliphatic imine (C=N–C) groups is 1. The van der Waals surface area contributed by atoms with Crippen molar-refractivity contribution >= 4 is 17.9 Å². The summed E-state index contributed by atoms with van der Waals surface area (Å²) in [5.74, 6) is 0.121. The van der Waals surface area contributed by atoms with Crippen LogP contribution in [0.2, 0.25) is 0 Å². The van der Waals surface area contributed by atoms with E-state index in [-0.39, 0.29) is 37.8 Å². The smallest absolute Gasteiger partial charge is 0.266 e. The topological polar surface area (TPSA) is 141 Å². The van der Waals surface area contributed by atoms with E-state index in [9.17, 15) is 9.18 Å². The normalized spacial score (nSPS) is 17.0. The van der Waals surface area contributed by atoms with Crippen molar-refractivity contribution in [2.24, 2.45) is 10.1 Å². The molecule has 2 atom stereocenters. The fourth-order valence-corrected chi connectivity index (χ4v) is 5.42. The number of rotatable bonds is 16. The Bertz CT molecular complexity index is 1780. The van der Waals surface area contributed by atoms with Crippen LogP contribution >= 0.6 is 0 Å². The van der Waals surface area contributed by atoms with Crippen LogP contribution in [0.5, 0.6) is 5.75 Å². The van der Waals surface area contributed by atoms with Crippen molar-refractivity contribution in [3.05, 3.63) is 153 Å². The molecule has 0 unspecified atom stereocenters. The van der Waals surface area contributed by atoms with Gasteiger partial charge in [-0.1, -0.05) is 90.1 Å². The van der Waals surface area contributed by atoms with Crippen LogP contribution in [-0.2, 0) is 22.5 Å². The molecule has 1 heterocycles. The van der Waals surface area contributed by atoms with Gasteiger partial charge in [0.1, 0.15) is 11.6 Å². The average molecular weight is 649 g/mol. The second-order valence-corrected chi connectivity index (χ2v) is 11.1. The molecule has 10 nitrogen and oxygen atoms in total. The molecular formula is C37H37FN6O4. The minimum Gasteiger partial charge on any atom is -0.494 e. The zero-order valence-electron chi connectivity index (χ0n) is 26.3. The molecule has 4 aromatic carbocycles. The Kier molecular flexibility index (Phi) is 11.9. The third kappa shape index (κ3) is 8.45. The lowest BCUT2D eigenvalue weighted by molar-refractivity contribution is -0.129. The fourth-order valence-electron chi connectivity index (χ4n) is 5.42. The van der Waals surface area contributed by atoms with E-state index in [1.807, 2.05) is 66.7 Å². The predicted molar refractivity (Wildman–Crippen MR) is 182 cm³/mol. The number of halogens is 1. The standard InChI is InChI=1S/C37H37FN6O4/c38-33-16-7-5-13-28(33)21-23-40-43-36(46)37(22-8-12-27-10-2-1-3-11-27)34(32-15-6-4-14-30(32)26-41-44-39)48-35(42-37)29-17-19-31(20-18-29)47-25-9-24-45/h1-8,10-20,34,40,45H,9,21-26H2,(H,43,46)/b12-8+/t34-,37-/m0/s1. The van der Waals surface area contributed by atoms with Gasteiger partial charge in [0, 0.05) is 36.5 Å². The summed E-state index contributed by atoms with van der Waals surface area (Å²) in [4.78, 5) is 22.3. The lowest BCUT2D eigenvalue weighted by atomic mass is 9.82. The number of nitrogens with zero attached hydrogens (tertiary/aromatic N) is 4. The van der Waals surface area contributed by atoms with Gasteiger partial charge in [-0.2, -0.15) is 0 Å². The first-order valence-electron chi connectivity index (χ1n) is 15.7. The monoisotopic (exact) mass is 648 g/mol. The zero-order valence-corrected chi connectivity index (χ0v) is 26.3. The number of aliphatic hydroxyl groups is 1. The Morgan fingerprint density at radius 1 is 1.02 bits per heavy atom. The van der Waals surface area contributed by atoms with Gasteiger partial charge in [0.05, 0.1) is 13.2 Å². The highest BCUT2D eigenvalue weighted by Crippen LogP contribution is 2.44. The van der Waals surface area contributed by atoms with Gasteiger partial charge in [-0.15, -0.1) is 0 Å². The predicted octanol–water partition coefficient (Wildman–Crippen LogP) is 6.62. The summed E-state index contributed by atoms with van der Waals surface area (Å²) in [6.45, 7) is 0.737. The first-order chi connectivity index (χ1) is 23.5. The van der Waals surface area contributed by atoms with Gasteiger partial charge < -0.3 is 14.6 Å². The number of hydrogen-bond donors (Lipinski definition) is 3. The molecule has 0 saturated heterocycles. The Hall–Kier alpha value is -5.48. The number of hydrogen-bond acceptors (Lipinski definition) is 7. The van der Waals surface area contributed by atoms with Crippen LogP contribution in [0.25, 0.3) is 16.5 Å². The van der Waals surface area contributed by atoms with Crippen molar-refractivity contribution in [3.8, 4) is 5.75 Å². The van der Waals surface area contributed by atoms with Gasteiger partial charge in [0.25, 0.3) is 5.91 Å². The van der Waals surface area contributed by atoms with Crippen LogP contribution < -0.4 is 15.6 Å². The van der Waals surface area contributed by atoms with E-state index in [1.54, 1.807) is 42.5 Å². The van der Waals surface area contributed by atoms with Crippen LogP contribution in [0.15, 0.2) is 119 Å². The lowest BCUT2D eigenvalue weighted by Crippen LogP contribution is -2.53. The van der Waals surface area contributed by atoms with Crippen molar-refractivity contribution in [2.45, 2.75) is 37.5 Å². The molecule has 3 N–H and O–H groups in total. The molecule has 246 valence electrons. The zero-order chi connectivity index (χ0) is 33.6. The Labute approximate surface area is 278 Å². The van der Waals surface area contributed by atoms with E-state index >= 15 is 0 Å². The Morgan fingerprint density at radius 2 is 1.75 bits per heavy atom. The highest BCUT2D eigenvalue weighted by atomic mass is 19.1. The van der Waals surface area contributed by atoms with Crippen molar-refractivity contribution in [2.75, 3.05) is 19.8 Å². The first kappa shape index (κ1) is 33.9. The number of benzene rings is 4. The van der Waals surface area contributed by atoms with E-state index < -0.39 is 17.6 Å². The Morgan fingerprint density at radius 3 is 2.50 bits per heavy atom. The number of ether oxygens (including phenoxy) is 2. The molecule has 0 bridgehead atoms. The van der Waals surface area contributed by atoms with E-state index in [2.05, 4.69) is 20.9 Å². The summed E-state index contributed by atoms with van der Waals surface area (Å²) in [7, 11) is 0. The molecule has 11 heteroatoms. The molecular weight excluding hydrogens is 611 g/mol. The van der Waals surface area contributed by atoms with Crippen LogP contribution in [-0.4, -0.2) is 42.2 Å². The van der Waals surface area contributed by atoms with Gasteiger partial charge in [-0.05, 0) is 64.5 Å². The number of azide groups is 1. The van der Waals surface area contributed by atoms with Crippen molar-refractivity contribution in [1.29, 1.82) is 0 Å². The largest absolute Gasteiger partial charge is 0.494 e. The van der Waals surface area contributed by atoms with E-state index in [4.69, 9.17) is 25.1 Å². The quantitative estimate of drug-likeness (QED) is 0.0412. The molecule has 0 aromatic heterocycles. The van der Waals surface area contributed by atoms with Gasteiger partial charge in [-0.25, -0.2) is 14.8 Å². The van der Waals surface area contributed by atoms with Crippen LogP contribution in [0.4, 0.5) is 4.39 Å². The minimum absolute atomic E-state index is 0.0339. The second kappa shape index (κ2) is 16.9. The molecule has 48 heavy (non-hydrogen) atoms. The summed E-state index contributed by atoms with van der Waals surface area (Å²) in [5.41, 5.74) is 16.8. The minimum atomic E-state index is -1.49. The van der Waals surface area contributed by atoms with E-state index in [0.29, 0.717) is 47.5 Å². The number of nitrogens with one attached hydrogen (secondary N) is 2. The molecule has 1 aliphatic rings. The van der Waals surface area contributed by atoms with E-state index in [1.165, 1.54) is 6.07 Å². The van der Waals surface area contributed by atoms with Crippen LogP contribution in [0.1, 0.15) is 46.8 Å². The maximum atomic E-state index is 14.4. The number of hydrazine groups is 1. The highest BCUT2D eigenvalue weighted by molar-refractivity contribution is 6.01. The second-order valence-electron chi connectivity index (χ2n) is 11.1. The van der Waals surface area contributed by atoms with Gasteiger partial charge in [0.15, 0.2) is 11.6 Å². The van der Waals surface area contributed by atoms with Gasteiger partial charge in [0.2, 0.25) is 5.90 Å². The number of carbonyl (C=O) groups is 1. The number of aliphatic hydroxyl groups excluding tert-OH is 1. The highest BCUT2D eigenvalue weighted by Gasteiger charge is 2.53. The first-order valence-corrected chi connectivity index (χ1v) is 15.7. The van der Waals surface area contributed by atoms with Crippen LogP contribution in [0, 0.1) is 5.82 Å². The third-order valence-corrected chi connectivity index (χ3v) is 7.89. The summed E-state index contributed by atoms with van der Waals surface area (Å²) >= 11 is 0. The number of carbonyl (C=O) groups excluding carboxylic acids is 1. The molecule has 0 fully saturated rings. The molecule has 1 aliphatic heterocycles.